The summed E-state index contributed by atoms with van der Waals surface area (Å²) in [6, 6.07) is 8.59. The molecule has 19 heavy (non-hydrogen) atoms. The number of amides is 1. The molecule has 1 amide bonds. The van der Waals surface area contributed by atoms with Crippen LogP contribution in [0.4, 0.5) is 0 Å². The summed E-state index contributed by atoms with van der Waals surface area (Å²) in [5, 5.41) is 5.15. The Balaban J connectivity index is 1.49. The predicted octanol–water partition coefficient (Wildman–Crippen LogP) is 3.94. The maximum atomic E-state index is 11.7. The summed E-state index contributed by atoms with van der Waals surface area (Å²) in [4.78, 5) is 15.7. The number of hydrogen-bond donors (Lipinski definition) is 1. The van der Waals surface area contributed by atoms with Gasteiger partial charge in [0.25, 0.3) is 0 Å². The lowest BCUT2D eigenvalue weighted by molar-refractivity contribution is -0.127. The fourth-order valence-corrected chi connectivity index (χ4v) is 4.03. The van der Waals surface area contributed by atoms with E-state index < -0.39 is 0 Å². The largest absolute Gasteiger partial charge is 0.356 e. The van der Waals surface area contributed by atoms with Crippen molar-refractivity contribution in [3.05, 3.63) is 34.5 Å². The van der Waals surface area contributed by atoms with E-state index in [1.807, 2.05) is 11.3 Å². The van der Waals surface area contributed by atoms with Crippen LogP contribution in [0.1, 0.15) is 24.1 Å². The van der Waals surface area contributed by atoms with Crippen molar-refractivity contribution < 1.29 is 4.79 Å². The van der Waals surface area contributed by atoms with Crippen LogP contribution in [0.15, 0.2) is 29.6 Å². The molecular weight excluding hydrogens is 274 g/mol. The molecule has 2 nitrogen and oxygen atoms in total. The van der Waals surface area contributed by atoms with E-state index in [4.69, 9.17) is 0 Å². The van der Waals surface area contributed by atoms with E-state index >= 15 is 0 Å². The van der Waals surface area contributed by atoms with E-state index in [0.717, 1.165) is 25.8 Å². The molecule has 2 aromatic rings. The SMILES string of the molecule is O=C(NCCc1ccc(-c2cccs2)s1)C1CCC1. The molecule has 1 N–H and O–H groups in total. The predicted molar refractivity (Wildman–Crippen MR) is 81.7 cm³/mol. The molecule has 0 aliphatic heterocycles. The van der Waals surface area contributed by atoms with Crippen LogP contribution in [0.2, 0.25) is 0 Å². The van der Waals surface area contributed by atoms with Crippen LogP contribution in [-0.2, 0) is 11.2 Å². The molecule has 2 heterocycles. The maximum Gasteiger partial charge on any atom is 0.223 e. The highest BCUT2D eigenvalue weighted by atomic mass is 32.1. The summed E-state index contributed by atoms with van der Waals surface area (Å²) in [5.74, 6) is 0.548. The van der Waals surface area contributed by atoms with E-state index in [1.165, 1.54) is 21.1 Å². The highest BCUT2D eigenvalue weighted by Crippen LogP contribution is 2.31. The summed E-state index contributed by atoms with van der Waals surface area (Å²) in [7, 11) is 0. The van der Waals surface area contributed by atoms with Crippen molar-refractivity contribution in [2.75, 3.05) is 6.54 Å². The minimum absolute atomic E-state index is 0.251. The Bertz CT molecular complexity index is 540. The van der Waals surface area contributed by atoms with Crippen LogP contribution >= 0.6 is 22.7 Å². The van der Waals surface area contributed by atoms with Gasteiger partial charge in [-0.15, -0.1) is 22.7 Å². The van der Waals surface area contributed by atoms with Crippen LogP contribution in [0.5, 0.6) is 0 Å². The number of carbonyl (C=O) groups excluding carboxylic acids is 1. The van der Waals surface area contributed by atoms with Crippen LogP contribution in [0.3, 0.4) is 0 Å². The van der Waals surface area contributed by atoms with Gasteiger partial charge < -0.3 is 5.32 Å². The highest BCUT2D eigenvalue weighted by Gasteiger charge is 2.24. The minimum Gasteiger partial charge on any atom is -0.356 e. The lowest BCUT2D eigenvalue weighted by Crippen LogP contribution is -2.35. The van der Waals surface area contributed by atoms with Gasteiger partial charge in [0, 0.05) is 27.1 Å². The maximum absolute atomic E-state index is 11.7. The van der Waals surface area contributed by atoms with E-state index in [2.05, 4.69) is 35.0 Å². The Kier molecular flexibility index (Phi) is 3.99. The standard InChI is InChI=1S/C15H17NOS2/c17-15(11-3-1-4-11)16-9-8-12-6-7-14(19-12)13-5-2-10-18-13/h2,5-7,10-11H,1,3-4,8-9H2,(H,16,17). The molecule has 0 saturated heterocycles. The average molecular weight is 291 g/mol. The second kappa shape index (κ2) is 5.88. The molecule has 3 rings (SSSR count). The lowest BCUT2D eigenvalue weighted by atomic mass is 9.85. The summed E-state index contributed by atoms with van der Waals surface area (Å²) in [6.07, 6.45) is 4.31. The summed E-state index contributed by atoms with van der Waals surface area (Å²) < 4.78 is 0. The molecule has 1 saturated carbocycles. The van der Waals surface area contributed by atoms with Crippen LogP contribution in [0.25, 0.3) is 9.75 Å². The zero-order valence-electron chi connectivity index (χ0n) is 10.7. The molecular formula is C15H17NOS2. The fraction of sp³-hybridized carbons (Fsp3) is 0.400. The van der Waals surface area contributed by atoms with Gasteiger partial charge in [0.1, 0.15) is 0 Å². The molecule has 100 valence electrons. The topological polar surface area (TPSA) is 29.1 Å². The van der Waals surface area contributed by atoms with Crippen molar-refractivity contribution in [2.24, 2.45) is 5.92 Å². The number of carbonyl (C=O) groups is 1. The lowest BCUT2D eigenvalue weighted by Gasteiger charge is -2.23. The van der Waals surface area contributed by atoms with Crippen molar-refractivity contribution in [2.45, 2.75) is 25.7 Å². The molecule has 1 aliphatic carbocycles. The third-order valence-electron chi connectivity index (χ3n) is 3.57. The first-order valence-corrected chi connectivity index (χ1v) is 8.43. The Morgan fingerprint density at radius 2 is 2.16 bits per heavy atom. The number of hydrogen-bond acceptors (Lipinski definition) is 3. The molecule has 0 atom stereocenters. The molecule has 0 aromatic carbocycles. The molecule has 0 unspecified atom stereocenters. The van der Waals surface area contributed by atoms with Gasteiger partial charge in [-0.3, -0.25) is 4.79 Å². The normalized spacial score (nSPS) is 15.2. The van der Waals surface area contributed by atoms with Gasteiger partial charge in [0.15, 0.2) is 0 Å². The zero-order valence-corrected chi connectivity index (χ0v) is 12.4. The summed E-state index contributed by atoms with van der Waals surface area (Å²) >= 11 is 3.60. The number of rotatable bonds is 5. The van der Waals surface area contributed by atoms with Crippen molar-refractivity contribution in [3.63, 3.8) is 0 Å². The molecule has 0 radical (unpaired) electrons. The van der Waals surface area contributed by atoms with Gasteiger partial charge in [-0.25, -0.2) is 0 Å². The van der Waals surface area contributed by atoms with Crippen molar-refractivity contribution in [1.82, 2.24) is 5.32 Å². The van der Waals surface area contributed by atoms with E-state index in [-0.39, 0.29) is 5.91 Å². The fourth-order valence-electron chi connectivity index (χ4n) is 2.19. The van der Waals surface area contributed by atoms with Crippen LogP contribution < -0.4 is 5.32 Å². The summed E-state index contributed by atoms with van der Waals surface area (Å²) in [6.45, 7) is 0.764. The van der Waals surface area contributed by atoms with Crippen molar-refractivity contribution in [3.8, 4) is 9.75 Å². The number of nitrogens with one attached hydrogen (secondary N) is 1. The van der Waals surface area contributed by atoms with Crippen molar-refractivity contribution >= 4 is 28.6 Å². The first-order chi connectivity index (χ1) is 9.33. The Labute approximate surface area is 121 Å². The van der Waals surface area contributed by atoms with E-state index in [0.29, 0.717) is 5.92 Å². The molecule has 1 fully saturated rings. The zero-order chi connectivity index (χ0) is 13.1. The molecule has 0 bridgehead atoms. The Hall–Kier alpha value is -1.13. The molecule has 2 aromatic heterocycles. The third-order valence-corrected chi connectivity index (χ3v) is 5.78. The first kappa shape index (κ1) is 12.9. The monoisotopic (exact) mass is 291 g/mol. The third kappa shape index (κ3) is 3.07. The van der Waals surface area contributed by atoms with Crippen LogP contribution in [0, 0.1) is 5.92 Å². The molecule has 0 spiro atoms. The Morgan fingerprint density at radius 3 is 2.84 bits per heavy atom. The van der Waals surface area contributed by atoms with Crippen LogP contribution in [-0.4, -0.2) is 12.5 Å². The highest BCUT2D eigenvalue weighted by molar-refractivity contribution is 7.21. The quantitative estimate of drug-likeness (QED) is 0.888. The number of thiophene rings is 2. The van der Waals surface area contributed by atoms with E-state index in [1.54, 1.807) is 11.3 Å². The minimum atomic E-state index is 0.251. The molecule has 4 heteroatoms. The van der Waals surface area contributed by atoms with Gasteiger partial charge in [0.2, 0.25) is 5.91 Å². The van der Waals surface area contributed by atoms with Gasteiger partial charge in [0.05, 0.1) is 0 Å². The average Bonchev–Trinajstić information content (AvgIpc) is 2.96. The van der Waals surface area contributed by atoms with Gasteiger partial charge >= 0.3 is 0 Å². The first-order valence-electron chi connectivity index (χ1n) is 6.73. The molecule has 1 aliphatic rings. The summed E-state index contributed by atoms with van der Waals surface area (Å²) in [5.41, 5.74) is 0. The smallest absolute Gasteiger partial charge is 0.223 e. The van der Waals surface area contributed by atoms with Gasteiger partial charge in [-0.2, -0.15) is 0 Å². The van der Waals surface area contributed by atoms with Crippen molar-refractivity contribution in [1.29, 1.82) is 0 Å². The Morgan fingerprint density at radius 1 is 1.26 bits per heavy atom. The second-order valence-electron chi connectivity index (χ2n) is 4.91. The van der Waals surface area contributed by atoms with Gasteiger partial charge in [-0.1, -0.05) is 12.5 Å². The van der Waals surface area contributed by atoms with E-state index in [9.17, 15) is 4.79 Å². The van der Waals surface area contributed by atoms with Gasteiger partial charge in [-0.05, 0) is 42.8 Å². The second-order valence-corrected chi connectivity index (χ2v) is 7.03.